The van der Waals surface area contributed by atoms with Crippen molar-refractivity contribution >= 4 is 27.5 Å². The van der Waals surface area contributed by atoms with E-state index in [1.807, 2.05) is 0 Å². The summed E-state index contributed by atoms with van der Waals surface area (Å²) in [5, 5.41) is 0.524. The van der Waals surface area contributed by atoms with Gasteiger partial charge >= 0.3 is 11.7 Å². The first-order valence-corrected chi connectivity index (χ1v) is 10.5. The van der Waals surface area contributed by atoms with Gasteiger partial charge in [-0.05, 0) is 55.9 Å². The number of thiophene rings is 1. The molecular formula is C21H21FN2O4S. The Morgan fingerprint density at radius 3 is 2.59 bits per heavy atom. The highest BCUT2D eigenvalue weighted by Crippen LogP contribution is 2.34. The van der Waals surface area contributed by atoms with Gasteiger partial charge in [-0.1, -0.05) is 12.1 Å². The molecule has 29 heavy (non-hydrogen) atoms. The first-order valence-electron chi connectivity index (χ1n) is 9.67. The Morgan fingerprint density at radius 2 is 1.86 bits per heavy atom. The molecule has 152 valence electrons. The van der Waals surface area contributed by atoms with Crippen LogP contribution in [0.2, 0.25) is 0 Å². The summed E-state index contributed by atoms with van der Waals surface area (Å²) in [6.07, 6.45) is 3.72. The fourth-order valence-electron chi connectivity index (χ4n) is 3.80. The fourth-order valence-corrected chi connectivity index (χ4v) is 5.18. The van der Waals surface area contributed by atoms with Crippen LogP contribution in [0.15, 0.2) is 33.9 Å². The van der Waals surface area contributed by atoms with E-state index in [1.54, 1.807) is 19.1 Å². The van der Waals surface area contributed by atoms with Crippen molar-refractivity contribution in [1.29, 1.82) is 0 Å². The van der Waals surface area contributed by atoms with E-state index in [2.05, 4.69) is 0 Å². The Labute approximate surface area is 170 Å². The van der Waals surface area contributed by atoms with E-state index < -0.39 is 23.8 Å². The third kappa shape index (κ3) is 3.64. The van der Waals surface area contributed by atoms with Crippen molar-refractivity contribution in [2.45, 2.75) is 45.7 Å². The summed E-state index contributed by atoms with van der Waals surface area (Å²) in [7, 11) is 0. The average Bonchev–Trinajstić information content (AvgIpc) is 3.10. The first kappa shape index (κ1) is 19.6. The number of esters is 1. The van der Waals surface area contributed by atoms with Gasteiger partial charge in [0.1, 0.15) is 17.2 Å². The molecular weight excluding hydrogens is 395 g/mol. The second-order valence-corrected chi connectivity index (χ2v) is 8.17. The van der Waals surface area contributed by atoms with Gasteiger partial charge in [0.15, 0.2) is 0 Å². The molecule has 1 aromatic carbocycles. The van der Waals surface area contributed by atoms with E-state index in [0.717, 1.165) is 46.3 Å². The van der Waals surface area contributed by atoms with Crippen molar-refractivity contribution in [2.24, 2.45) is 0 Å². The lowest BCUT2D eigenvalue weighted by atomic mass is 9.97. The highest BCUT2D eigenvalue weighted by atomic mass is 32.1. The summed E-state index contributed by atoms with van der Waals surface area (Å²) >= 11 is 1.47. The van der Waals surface area contributed by atoms with Crippen LogP contribution in [0.4, 0.5) is 4.39 Å². The molecule has 0 atom stereocenters. The van der Waals surface area contributed by atoms with Crippen LogP contribution in [0.1, 0.15) is 35.8 Å². The predicted octanol–water partition coefficient (Wildman–Crippen LogP) is 2.85. The van der Waals surface area contributed by atoms with Crippen LogP contribution in [0, 0.1) is 5.82 Å². The maximum Gasteiger partial charge on any atom is 0.332 e. The highest BCUT2D eigenvalue weighted by Gasteiger charge is 2.24. The van der Waals surface area contributed by atoms with Gasteiger partial charge in [-0.3, -0.25) is 14.2 Å². The van der Waals surface area contributed by atoms with Crippen LogP contribution in [0.5, 0.6) is 0 Å². The summed E-state index contributed by atoms with van der Waals surface area (Å²) in [5.74, 6) is -0.978. The third-order valence-corrected chi connectivity index (χ3v) is 6.48. The monoisotopic (exact) mass is 416 g/mol. The zero-order valence-corrected chi connectivity index (χ0v) is 16.9. The van der Waals surface area contributed by atoms with Gasteiger partial charge in [-0.25, -0.2) is 13.8 Å². The predicted molar refractivity (Wildman–Crippen MR) is 109 cm³/mol. The van der Waals surface area contributed by atoms with Crippen LogP contribution in [0.3, 0.4) is 0 Å². The first-order chi connectivity index (χ1) is 14.0. The van der Waals surface area contributed by atoms with Gasteiger partial charge in [0, 0.05) is 4.88 Å². The molecule has 0 spiro atoms. The molecule has 0 saturated carbocycles. The molecule has 0 N–H and O–H groups in total. The summed E-state index contributed by atoms with van der Waals surface area (Å²) in [5.41, 5.74) is 0.737. The molecule has 1 aliphatic carbocycles. The molecule has 0 aliphatic heterocycles. The molecule has 0 unspecified atom stereocenters. The number of aromatic nitrogens is 2. The maximum absolute atomic E-state index is 13.3. The van der Waals surface area contributed by atoms with Crippen molar-refractivity contribution in [2.75, 3.05) is 6.61 Å². The van der Waals surface area contributed by atoms with Gasteiger partial charge in [0.25, 0.3) is 5.56 Å². The van der Waals surface area contributed by atoms with Crippen LogP contribution >= 0.6 is 11.3 Å². The van der Waals surface area contributed by atoms with Crippen molar-refractivity contribution < 1.29 is 13.9 Å². The lowest BCUT2D eigenvalue weighted by Gasteiger charge is -2.13. The van der Waals surface area contributed by atoms with E-state index >= 15 is 0 Å². The number of hydrogen-bond acceptors (Lipinski definition) is 5. The van der Waals surface area contributed by atoms with Gasteiger partial charge < -0.3 is 4.74 Å². The number of halogens is 1. The number of carbonyl (C=O) groups is 1. The molecule has 0 bridgehead atoms. The van der Waals surface area contributed by atoms with Crippen LogP contribution in [0.25, 0.3) is 10.2 Å². The largest absolute Gasteiger partial charge is 0.465 e. The Hall–Kier alpha value is -2.74. The number of ether oxygens (including phenoxy) is 1. The molecule has 3 aromatic rings. The second kappa shape index (κ2) is 7.94. The Bertz CT molecular complexity index is 1190. The normalized spacial score (nSPS) is 13.4. The van der Waals surface area contributed by atoms with Gasteiger partial charge in [0.2, 0.25) is 0 Å². The quantitative estimate of drug-likeness (QED) is 0.600. The van der Waals surface area contributed by atoms with E-state index in [9.17, 15) is 18.8 Å². The van der Waals surface area contributed by atoms with Gasteiger partial charge in [0.05, 0.1) is 18.5 Å². The van der Waals surface area contributed by atoms with Crippen LogP contribution in [-0.2, 0) is 35.5 Å². The minimum absolute atomic E-state index is 0.174. The molecule has 0 saturated heterocycles. The number of carbonyl (C=O) groups excluding carboxylic acids is 1. The Morgan fingerprint density at radius 1 is 1.14 bits per heavy atom. The van der Waals surface area contributed by atoms with Crippen LogP contribution < -0.4 is 11.2 Å². The van der Waals surface area contributed by atoms with E-state index in [0.29, 0.717) is 10.2 Å². The lowest BCUT2D eigenvalue weighted by molar-refractivity contribution is -0.143. The minimum Gasteiger partial charge on any atom is -0.465 e. The van der Waals surface area contributed by atoms with Gasteiger partial charge in [-0.2, -0.15) is 0 Å². The van der Waals surface area contributed by atoms with Crippen molar-refractivity contribution in [1.82, 2.24) is 9.13 Å². The molecule has 6 nitrogen and oxygen atoms in total. The molecule has 0 fully saturated rings. The molecule has 8 heteroatoms. The van der Waals surface area contributed by atoms with Crippen molar-refractivity contribution in [3.05, 3.63) is 66.9 Å². The standard InChI is InChI=1S/C21H21FN2O4S/c1-2-28-17(25)12-23-19(26)18-15-5-3-4-6-16(15)29-20(18)24(21(23)27)11-13-7-9-14(22)10-8-13/h7-10H,2-6,11-12H2,1H3. The van der Waals surface area contributed by atoms with Crippen molar-refractivity contribution in [3.8, 4) is 0 Å². The maximum atomic E-state index is 13.3. The number of benzene rings is 1. The average molecular weight is 416 g/mol. The zero-order chi connectivity index (χ0) is 20.5. The third-order valence-electron chi connectivity index (χ3n) is 5.17. The number of rotatable bonds is 5. The van der Waals surface area contributed by atoms with Gasteiger partial charge in [-0.15, -0.1) is 11.3 Å². The molecule has 2 aromatic heterocycles. The lowest BCUT2D eigenvalue weighted by Crippen LogP contribution is -2.42. The van der Waals surface area contributed by atoms with E-state index in [4.69, 9.17) is 4.74 Å². The Balaban J connectivity index is 1.93. The fraction of sp³-hybridized carbons (Fsp3) is 0.381. The summed E-state index contributed by atoms with van der Waals surface area (Å²) in [6.45, 7) is 1.62. The number of hydrogen-bond donors (Lipinski definition) is 0. The molecule has 1 aliphatic rings. The number of fused-ring (bicyclic) bond motifs is 3. The topological polar surface area (TPSA) is 70.3 Å². The molecule has 4 rings (SSSR count). The molecule has 0 amide bonds. The van der Waals surface area contributed by atoms with Crippen molar-refractivity contribution in [3.63, 3.8) is 0 Å². The summed E-state index contributed by atoms with van der Waals surface area (Å²) in [6, 6.07) is 5.90. The summed E-state index contributed by atoms with van der Waals surface area (Å²) in [4.78, 5) is 40.1. The smallest absolute Gasteiger partial charge is 0.332 e. The number of aryl methyl sites for hydroxylation is 2. The molecule has 0 radical (unpaired) electrons. The zero-order valence-electron chi connectivity index (χ0n) is 16.1. The summed E-state index contributed by atoms with van der Waals surface area (Å²) < 4.78 is 20.7. The van der Waals surface area contributed by atoms with Crippen LogP contribution in [-0.4, -0.2) is 21.7 Å². The van der Waals surface area contributed by atoms with E-state index in [1.165, 1.54) is 28.0 Å². The minimum atomic E-state index is -0.622. The van der Waals surface area contributed by atoms with E-state index in [-0.39, 0.29) is 19.0 Å². The highest BCUT2D eigenvalue weighted by molar-refractivity contribution is 7.18. The molecule has 2 heterocycles. The number of nitrogens with zero attached hydrogens (tertiary/aromatic N) is 2. The Kier molecular flexibility index (Phi) is 5.36. The SMILES string of the molecule is CCOC(=O)Cn1c(=O)c2c3c(sc2n(Cc2ccc(F)cc2)c1=O)CCCC3. The second-order valence-electron chi connectivity index (χ2n) is 7.08.